The van der Waals surface area contributed by atoms with E-state index in [0.717, 1.165) is 32.1 Å². The van der Waals surface area contributed by atoms with Crippen LogP contribution in [-0.4, -0.2) is 36.6 Å². The number of nitrogens with zero attached hydrogens (tertiary/aromatic N) is 1. The van der Waals surface area contributed by atoms with Gasteiger partial charge in [-0.05, 0) is 43.6 Å². The van der Waals surface area contributed by atoms with Gasteiger partial charge in [-0.25, -0.2) is 0 Å². The van der Waals surface area contributed by atoms with Crippen LogP contribution in [0.1, 0.15) is 37.2 Å². The first-order valence-corrected chi connectivity index (χ1v) is 8.31. The van der Waals surface area contributed by atoms with Crippen LogP contribution in [0.25, 0.3) is 0 Å². The number of rotatable bonds is 7. The van der Waals surface area contributed by atoms with Crippen LogP contribution in [0.3, 0.4) is 0 Å². The highest BCUT2D eigenvalue weighted by Crippen LogP contribution is 2.29. The Morgan fingerprint density at radius 3 is 3.05 bits per heavy atom. The number of hydrogen-bond donors (Lipinski definition) is 1. The molecule has 2 unspecified atom stereocenters. The maximum Gasteiger partial charge on any atom is 0.241 e. The van der Waals surface area contributed by atoms with Crippen molar-refractivity contribution < 1.29 is 9.53 Å². The van der Waals surface area contributed by atoms with Crippen molar-refractivity contribution in [2.75, 3.05) is 19.8 Å². The lowest BCUT2D eigenvalue weighted by Gasteiger charge is -2.23. The predicted octanol–water partition coefficient (Wildman–Crippen LogP) is 2.38. The van der Waals surface area contributed by atoms with Crippen molar-refractivity contribution in [3.8, 4) is 0 Å². The maximum absolute atomic E-state index is 12.2. The number of carbonyl (C=O) groups is 1. The van der Waals surface area contributed by atoms with Crippen LogP contribution in [-0.2, 0) is 9.53 Å². The van der Waals surface area contributed by atoms with E-state index in [2.05, 4.69) is 16.8 Å². The van der Waals surface area contributed by atoms with E-state index in [0.29, 0.717) is 0 Å². The highest BCUT2D eigenvalue weighted by molar-refractivity contribution is 7.10. The second kappa shape index (κ2) is 6.24. The summed E-state index contributed by atoms with van der Waals surface area (Å²) >= 11 is 1.70. The Morgan fingerprint density at radius 1 is 1.50 bits per heavy atom. The molecule has 20 heavy (non-hydrogen) atoms. The Kier molecular flexibility index (Phi) is 4.38. The molecule has 2 aliphatic rings. The second-order valence-electron chi connectivity index (χ2n) is 5.71. The topological polar surface area (TPSA) is 41.6 Å². The number of nitrogens with one attached hydrogen (secondary N) is 1. The van der Waals surface area contributed by atoms with Gasteiger partial charge in [-0.1, -0.05) is 6.07 Å². The van der Waals surface area contributed by atoms with Crippen molar-refractivity contribution in [3.63, 3.8) is 0 Å². The van der Waals surface area contributed by atoms with Gasteiger partial charge in [-0.15, -0.1) is 11.3 Å². The Bertz CT molecular complexity index is 445. The summed E-state index contributed by atoms with van der Waals surface area (Å²) in [7, 11) is 0. The zero-order chi connectivity index (χ0) is 13.9. The van der Waals surface area contributed by atoms with Gasteiger partial charge >= 0.3 is 0 Å². The van der Waals surface area contributed by atoms with Gasteiger partial charge in [0.1, 0.15) is 6.17 Å². The van der Waals surface area contributed by atoms with E-state index >= 15 is 0 Å². The summed E-state index contributed by atoms with van der Waals surface area (Å²) < 4.78 is 5.65. The smallest absolute Gasteiger partial charge is 0.241 e. The van der Waals surface area contributed by atoms with E-state index in [4.69, 9.17) is 4.74 Å². The molecule has 110 valence electrons. The van der Waals surface area contributed by atoms with Crippen molar-refractivity contribution >= 4 is 17.2 Å². The first kappa shape index (κ1) is 14.0. The van der Waals surface area contributed by atoms with Gasteiger partial charge in [0.2, 0.25) is 5.91 Å². The summed E-state index contributed by atoms with van der Waals surface area (Å²) in [6.07, 6.45) is 3.61. The van der Waals surface area contributed by atoms with Gasteiger partial charge in [0.25, 0.3) is 0 Å². The Morgan fingerprint density at radius 2 is 2.35 bits per heavy atom. The average molecular weight is 294 g/mol. The van der Waals surface area contributed by atoms with E-state index in [1.165, 1.54) is 17.7 Å². The van der Waals surface area contributed by atoms with Gasteiger partial charge < -0.3 is 9.64 Å². The largest absolute Gasteiger partial charge is 0.381 e. The van der Waals surface area contributed by atoms with E-state index in [1.54, 1.807) is 11.3 Å². The molecule has 1 aliphatic carbocycles. The van der Waals surface area contributed by atoms with Gasteiger partial charge in [0, 0.05) is 24.6 Å². The fourth-order valence-electron chi connectivity index (χ4n) is 2.57. The van der Waals surface area contributed by atoms with Gasteiger partial charge in [0.15, 0.2) is 0 Å². The van der Waals surface area contributed by atoms with Crippen molar-refractivity contribution in [2.45, 2.75) is 38.4 Å². The molecule has 3 rings (SSSR count). The van der Waals surface area contributed by atoms with Crippen molar-refractivity contribution in [3.05, 3.63) is 22.4 Å². The summed E-state index contributed by atoms with van der Waals surface area (Å²) in [5, 5.41) is 5.43. The van der Waals surface area contributed by atoms with Crippen LogP contribution < -0.4 is 5.32 Å². The van der Waals surface area contributed by atoms with Crippen LogP contribution in [0.4, 0.5) is 0 Å². The van der Waals surface area contributed by atoms with Gasteiger partial charge in [-0.2, -0.15) is 0 Å². The highest BCUT2D eigenvalue weighted by Gasteiger charge is 2.37. The molecule has 0 bridgehead atoms. The third-order valence-electron chi connectivity index (χ3n) is 3.92. The predicted molar refractivity (Wildman–Crippen MR) is 79.5 cm³/mol. The molecule has 0 radical (unpaired) electrons. The first-order chi connectivity index (χ1) is 9.75. The average Bonchev–Trinajstić information content (AvgIpc) is 3.02. The third kappa shape index (κ3) is 3.22. The zero-order valence-corrected chi connectivity index (χ0v) is 12.7. The highest BCUT2D eigenvalue weighted by atomic mass is 32.1. The number of carbonyl (C=O) groups excluding carboxylic acids is 1. The fraction of sp³-hybridized carbons (Fsp3) is 0.667. The summed E-state index contributed by atoms with van der Waals surface area (Å²) in [5.41, 5.74) is 0. The lowest BCUT2D eigenvalue weighted by molar-refractivity contribution is -0.130. The Labute approximate surface area is 124 Å². The van der Waals surface area contributed by atoms with E-state index in [9.17, 15) is 4.79 Å². The molecular formula is C15H22N2O2S. The van der Waals surface area contributed by atoms with Crippen LogP contribution in [0.2, 0.25) is 0 Å². The third-order valence-corrected chi connectivity index (χ3v) is 4.85. The number of amides is 1. The minimum atomic E-state index is -0.0884. The standard InChI is InChI=1S/C15H22N2O2S/c1-11-15(18)17(7-3-8-19-10-12-5-6-12)14(16-11)13-4-2-9-20-13/h2,4,9,11-12,14,16H,3,5-8,10H2,1H3. The molecule has 1 N–H and O–H groups in total. The molecule has 0 aromatic carbocycles. The second-order valence-corrected chi connectivity index (χ2v) is 6.69. The van der Waals surface area contributed by atoms with E-state index in [1.807, 2.05) is 17.9 Å². The number of hydrogen-bond acceptors (Lipinski definition) is 4. The molecule has 1 saturated carbocycles. The normalized spacial score (nSPS) is 26.4. The monoisotopic (exact) mass is 294 g/mol. The van der Waals surface area contributed by atoms with Crippen LogP contribution in [0.5, 0.6) is 0 Å². The Hall–Kier alpha value is -0.910. The molecule has 2 atom stereocenters. The fourth-order valence-corrected chi connectivity index (χ4v) is 3.36. The van der Waals surface area contributed by atoms with Crippen LogP contribution >= 0.6 is 11.3 Å². The zero-order valence-electron chi connectivity index (χ0n) is 11.9. The minimum absolute atomic E-state index is 0.0425. The van der Waals surface area contributed by atoms with Crippen LogP contribution in [0.15, 0.2) is 17.5 Å². The van der Waals surface area contributed by atoms with Crippen molar-refractivity contribution in [1.29, 1.82) is 0 Å². The molecule has 1 aliphatic heterocycles. The summed E-state index contributed by atoms with van der Waals surface area (Å²) in [5.74, 6) is 1.01. The van der Waals surface area contributed by atoms with Crippen molar-refractivity contribution in [2.24, 2.45) is 5.92 Å². The molecule has 1 aromatic rings. The molecule has 1 amide bonds. The lowest BCUT2D eigenvalue weighted by atomic mass is 10.3. The molecule has 1 aromatic heterocycles. The van der Waals surface area contributed by atoms with E-state index in [-0.39, 0.29) is 18.1 Å². The number of ether oxygens (including phenoxy) is 1. The van der Waals surface area contributed by atoms with Crippen molar-refractivity contribution in [1.82, 2.24) is 10.2 Å². The summed E-state index contributed by atoms with van der Waals surface area (Å²) in [4.78, 5) is 15.4. The van der Waals surface area contributed by atoms with Crippen LogP contribution in [0, 0.1) is 5.92 Å². The molecule has 1 saturated heterocycles. The van der Waals surface area contributed by atoms with Gasteiger partial charge in [-0.3, -0.25) is 10.1 Å². The number of thiophene rings is 1. The van der Waals surface area contributed by atoms with Gasteiger partial charge in [0.05, 0.1) is 6.04 Å². The molecule has 2 heterocycles. The quantitative estimate of drug-likeness (QED) is 0.785. The first-order valence-electron chi connectivity index (χ1n) is 7.43. The molecular weight excluding hydrogens is 272 g/mol. The molecule has 2 fully saturated rings. The maximum atomic E-state index is 12.2. The Balaban J connectivity index is 1.50. The molecule has 0 spiro atoms. The molecule has 4 nitrogen and oxygen atoms in total. The minimum Gasteiger partial charge on any atom is -0.381 e. The molecule has 5 heteroatoms. The van der Waals surface area contributed by atoms with E-state index < -0.39 is 0 Å². The SMILES string of the molecule is CC1NC(c2cccs2)N(CCCOCC2CC2)C1=O. The lowest BCUT2D eigenvalue weighted by Crippen LogP contribution is -2.31. The summed E-state index contributed by atoms with van der Waals surface area (Å²) in [6.45, 7) is 4.36. The summed E-state index contributed by atoms with van der Waals surface area (Å²) in [6, 6.07) is 4.03.